The van der Waals surface area contributed by atoms with Gasteiger partial charge in [-0.1, -0.05) is 6.07 Å². The maximum absolute atomic E-state index is 11.6. The molecular formula is C13H17N3O5. The monoisotopic (exact) mass is 295 g/mol. The summed E-state index contributed by atoms with van der Waals surface area (Å²) in [6.07, 6.45) is 0.186. The molecule has 0 radical (unpaired) electrons. The summed E-state index contributed by atoms with van der Waals surface area (Å²) in [7, 11) is 1.52. The van der Waals surface area contributed by atoms with Crippen LogP contribution in [0, 0.1) is 0 Å². The molecule has 8 heteroatoms. The van der Waals surface area contributed by atoms with Crippen molar-refractivity contribution in [2.24, 2.45) is 0 Å². The van der Waals surface area contributed by atoms with E-state index in [-0.39, 0.29) is 18.9 Å². The van der Waals surface area contributed by atoms with Crippen LogP contribution in [0.25, 0.3) is 0 Å². The second-order valence-corrected chi connectivity index (χ2v) is 4.01. The fourth-order valence-corrected chi connectivity index (χ4v) is 1.40. The van der Waals surface area contributed by atoms with Crippen LogP contribution in [0.2, 0.25) is 0 Å². The van der Waals surface area contributed by atoms with Crippen molar-refractivity contribution in [3.05, 3.63) is 24.3 Å². The third kappa shape index (κ3) is 6.81. The van der Waals surface area contributed by atoms with Gasteiger partial charge in [0, 0.05) is 31.8 Å². The molecule has 0 spiro atoms. The van der Waals surface area contributed by atoms with Crippen molar-refractivity contribution in [1.29, 1.82) is 0 Å². The number of carboxylic acids is 1. The Hall–Kier alpha value is -2.77. The Balaban J connectivity index is 2.43. The zero-order valence-electron chi connectivity index (χ0n) is 11.5. The van der Waals surface area contributed by atoms with Gasteiger partial charge in [-0.25, -0.2) is 9.59 Å². The van der Waals surface area contributed by atoms with Crippen LogP contribution in [0.1, 0.15) is 6.42 Å². The number of carbonyl (C=O) groups excluding carboxylic acids is 2. The molecule has 0 bridgehead atoms. The summed E-state index contributed by atoms with van der Waals surface area (Å²) in [6.45, 7) is -0.248. The molecule has 3 amide bonds. The number of hydrogen-bond acceptors (Lipinski definition) is 4. The van der Waals surface area contributed by atoms with Gasteiger partial charge in [0.1, 0.15) is 5.75 Å². The lowest BCUT2D eigenvalue weighted by molar-refractivity contribution is -0.139. The normalized spacial score (nSPS) is 9.57. The van der Waals surface area contributed by atoms with Crippen molar-refractivity contribution < 1.29 is 24.2 Å². The van der Waals surface area contributed by atoms with E-state index in [2.05, 4.69) is 16.0 Å². The highest BCUT2D eigenvalue weighted by atomic mass is 16.5. The van der Waals surface area contributed by atoms with E-state index in [1.807, 2.05) is 0 Å². The van der Waals surface area contributed by atoms with Gasteiger partial charge in [-0.05, 0) is 12.1 Å². The fraction of sp³-hybridized carbons (Fsp3) is 0.308. The molecule has 114 valence electrons. The lowest BCUT2D eigenvalue weighted by Gasteiger charge is -2.09. The van der Waals surface area contributed by atoms with Gasteiger partial charge in [-0.15, -0.1) is 0 Å². The number of ether oxygens (including phenoxy) is 1. The highest BCUT2D eigenvalue weighted by Crippen LogP contribution is 2.17. The molecule has 0 aliphatic rings. The zero-order chi connectivity index (χ0) is 15.7. The Kier molecular flexibility index (Phi) is 6.52. The number of aliphatic carboxylic acids is 1. The molecule has 0 aliphatic carbocycles. The van der Waals surface area contributed by atoms with Gasteiger partial charge in [-0.2, -0.15) is 0 Å². The lowest BCUT2D eigenvalue weighted by atomic mass is 10.3. The molecule has 0 atom stereocenters. The summed E-state index contributed by atoms with van der Waals surface area (Å²) in [5.41, 5.74) is 0.454. The van der Waals surface area contributed by atoms with E-state index in [9.17, 15) is 14.4 Å². The Labute approximate surface area is 121 Å². The number of nitrogens with one attached hydrogen (secondary N) is 3. The number of anilines is 1. The topological polar surface area (TPSA) is 117 Å². The molecule has 1 aromatic rings. The quantitative estimate of drug-likeness (QED) is 0.581. The number of carboxylic acid groups (broad SMARTS) is 1. The summed E-state index contributed by atoms with van der Waals surface area (Å²) in [5, 5.41) is 16.0. The summed E-state index contributed by atoms with van der Waals surface area (Å²) >= 11 is 0. The Morgan fingerprint density at radius 1 is 1.29 bits per heavy atom. The van der Waals surface area contributed by atoms with Gasteiger partial charge in [0.05, 0.1) is 0 Å². The maximum Gasteiger partial charge on any atom is 0.341 e. The average molecular weight is 295 g/mol. The smallest absolute Gasteiger partial charge is 0.341 e. The van der Waals surface area contributed by atoms with Crippen molar-refractivity contribution in [1.82, 2.24) is 10.6 Å². The summed E-state index contributed by atoms with van der Waals surface area (Å²) in [5.74, 6) is -0.916. The van der Waals surface area contributed by atoms with Crippen LogP contribution in [0.4, 0.5) is 10.5 Å². The Morgan fingerprint density at radius 3 is 2.71 bits per heavy atom. The van der Waals surface area contributed by atoms with Crippen molar-refractivity contribution in [3.63, 3.8) is 0 Å². The van der Waals surface area contributed by atoms with Crippen molar-refractivity contribution in [3.8, 4) is 5.75 Å². The molecule has 8 nitrogen and oxygen atoms in total. The van der Waals surface area contributed by atoms with E-state index >= 15 is 0 Å². The van der Waals surface area contributed by atoms with E-state index in [1.54, 1.807) is 18.2 Å². The molecule has 21 heavy (non-hydrogen) atoms. The summed E-state index contributed by atoms with van der Waals surface area (Å²) in [4.78, 5) is 32.9. The SMILES string of the molecule is CNC(=O)CCNC(=O)Nc1cccc(OCC(=O)O)c1. The van der Waals surface area contributed by atoms with Crippen LogP contribution in [-0.4, -0.2) is 43.2 Å². The van der Waals surface area contributed by atoms with Crippen molar-refractivity contribution in [2.75, 3.05) is 25.5 Å². The number of rotatable bonds is 7. The van der Waals surface area contributed by atoms with Crippen LogP contribution in [-0.2, 0) is 9.59 Å². The van der Waals surface area contributed by atoms with Gasteiger partial charge >= 0.3 is 12.0 Å². The number of carbonyl (C=O) groups is 3. The van der Waals surface area contributed by atoms with E-state index in [1.165, 1.54) is 13.1 Å². The standard InChI is InChI=1S/C13H17N3O5/c1-14-11(17)5-6-15-13(20)16-9-3-2-4-10(7-9)21-8-12(18)19/h2-4,7H,5-6,8H2,1H3,(H,14,17)(H,18,19)(H2,15,16,20). The Bertz CT molecular complexity index is 518. The van der Waals surface area contributed by atoms with Gasteiger partial charge < -0.3 is 25.8 Å². The minimum absolute atomic E-state index is 0.167. The second-order valence-electron chi connectivity index (χ2n) is 4.01. The Morgan fingerprint density at radius 2 is 2.05 bits per heavy atom. The summed E-state index contributed by atoms with van der Waals surface area (Å²) < 4.78 is 4.99. The molecule has 4 N–H and O–H groups in total. The third-order valence-corrected chi connectivity index (χ3v) is 2.37. The van der Waals surface area contributed by atoms with Crippen molar-refractivity contribution in [2.45, 2.75) is 6.42 Å². The zero-order valence-corrected chi connectivity index (χ0v) is 11.5. The van der Waals surface area contributed by atoms with Gasteiger partial charge in [-0.3, -0.25) is 4.79 Å². The number of amides is 3. The molecule has 0 saturated heterocycles. The minimum Gasteiger partial charge on any atom is -0.482 e. The predicted octanol–water partition coefficient (Wildman–Crippen LogP) is 0.408. The van der Waals surface area contributed by atoms with Gasteiger partial charge in [0.2, 0.25) is 5.91 Å². The molecule has 0 fully saturated rings. The molecule has 0 saturated carbocycles. The summed E-state index contributed by atoms with van der Waals surface area (Å²) in [6, 6.07) is 5.87. The average Bonchev–Trinajstić information content (AvgIpc) is 2.45. The molecule has 0 aliphatic heterocycles. The predicted molar refractivity (Wildman–Crippen MR) is 75.3 cm³/mol. The molecule has 0 heterocycles. The molecule has 0 aromatic heterocycles. The molecule has 0 unspecified atom stereocenters. The van der Waals surface area contributed by atoms with Gasteiger partial charge in [0.15, 0.2) is 6.61 Å². The number of urea groups is 1. The molecule has 1 aromatic carbocycles. The van der Waals surface area contributed by atoms with Crippen LogP contribution < -0.4 is 20.7 Å². The molecule has 1 rings (SSSR count). The first-order chi connectivity index (χ1) is 10.0. The lowest BCUT2D eigenvalue weighted by Crippen LogP contribution is -2.32. The number of benzene rings is 1. The second kappa shape index (κ2) is 8.41. The highest BCUT2D eigenvalue weighted by molar-refractivity contribution is 5.89. The highest BCUT2D eigenvalue weighted by Gasteiger charge is 2.05. The van der Waals surface area contributed by atoms with Crippen LogP contribution >= 0.6 is 0 Å². The van der Waals surface area contributed by atoms with E-state index in [0.29, 0.717) is 11.4 Å². The largest absolute Gasteiger partial charge is 0.482 e. The molecular weight excluding hydrogens is 278 g/mol. The number of hydrogen-bond donors (Lipinski definition) is 4. The van der Waals surface area contributed by atoms with E-state index in [0.717, 1.165) is 0 Å². The van der Waals surface area contributed by atoms with Gasteiger partial charge in [0.25, 0.3) is 0 Å². The van der Waals surface area contributed by atoms with Crippen LogP contribution in [0.3, 0.4) is 0 Å². The third-order valence-electron chi connectivity index (χ3n) is 2.37. The van der Waals surface area contributed by atoms with Crippen LogP contribution in [0.15, 0.2) is 24.3 Å². The first-order valence-corrected chi connectivity index (χ1v) is 6.21. The first-order valence-electron chi connectivity index (χ1n) is 6.21. The van der Waals surface area contributed by atoms with Crippen molar-refractivity contribution >= 4 is 23.6 Å². The minimum atomic E-state index is -1.08. The first kappa shape index (κ1) is 16.3. The van der Waals surface area contributed by atoms with Crippen LogP contribution in [0.5, 0.6) is 5.75 Å². The van der Waals surface area contributed by atoms with E-state index in [4.69, 9.17) is 9.84 Å². The maximum atomic E-state index is 11.6. The fourth-order valence-electron chi connectivity index (χ4n) is 1.40. The van der Waals surface area contributed by atoms with E-state index < -0.39 is 18.6 Å².